The standard InChI is InChI=1S/C15H20N2O2/c1-11-8-14(9-12(2)19-11)17-13-4-3-5-15(10-13)18-7-6-16/h3-5,10-12,14,17H,7-9H2,1-2H3. The van der Waals surface area contributed by atoms with Gasteiger partial charge in [-0.25, -0.2) is 0 Å². The minimum atomic E-state index is 0.0782. The lowest BCUT2D eigenvalue weighted by Gasteiger charge is -2.33. The van der Waals surface area contributed by atoms with Crippen LogP contribution in [0.5, 0.6) is 5.75 Å². The highest BCUT2D eigenvalue weighted by Crippen LogP contribution is 2.24. The van der Waals surface area contributed by atoms with Gasteiger partial charge in [-0.1, -0.05) is 6.07 Å². The van der Waals surface area contributed by atoms with Gasteiger partial charge in [0.25, 0.3) is 0 Å². The fourth-order valence-electron chi connectivity index (χ4n) is 2.55. The molecule has 1 aliphatic rings. The predicted molar refractivity (Wildman–Crippen MR) is 74.2 cm³/mol. The van der Waals surface area contributed by atoms with E-state index in [9.17, 15) is 0 Å². The summed E-state index contributed by atoms with van der Waals surface area (Å²) in [6.45, 7) is 4.29. The van der Waals surface area contributed by atoms with Crippen LogP contribution in [0, 0.1) is 11.3 Å². The van der Waals surface area contributed by atoms with Crippen LogP contribution >= 0.6 is 0 Å². The summed E-state index contributed by atoms with van der Waals surface area (Å²) >= 11 is 0. The van der Waals surface area contributed by atoms with Gasteiger partial charge in [-0.15, -0.1) is 0 Å². The van der Waals surface area contributed by atoms with E-state index in [2.05, 4.69) is 19.2 Å². The Hall–Kier alpha value is -1.73. The third-order valence-electron chi connectivity index (χ3n) is 3.21. The molecule has 2 rings (SSSR count). The zero-order valence-corrected chi connectivity index (χ0v) is 11.4. The molecule has 0 bridgehead atoms. The lowest BCUT2D eigenvalue weighted by atomic mass is 9.99. The number of anilines is 1. The van der Waals surface area contributed by atoms with E-state index in [1.54, 1.807) is 0 Å². The summed E-state index contributed by atoms with van der Waals surface area (Å²) in [5.74, 6) is 0.722. The van der Waals surface area contributed by atoms with E-state index >= 15 is 0 Å². The Kier molecular flexibility index (Phi) is 4.64. The fourth-order valence-corrected chi connectivity index (χ4v) is 2.55. The summed E-state index contributed by atoms with van der Waals surface area (Å²) in [5, 5.41) is 12.0. The summed E-state index contributed by atoms with van der Waals surface area (Å²) < 4.78 is 11.0. The lowest BCUT2D eigenvalue weighted by Crippen LogP contribution is -2.36. The quantitative estimate of drug-likeness (QED) is 0.904. The first-order chi connectivity index (χ1) is 9.17. The minimum absolute atomic E-state index is 0.0782. The monoisotopic (exact) mass is 260 g/mol. The number of hydrogen-bond acceptors (Lipinski definition) is 4. The Morgan fingerprint density at radius 3 is 2.79 bits per heavy atom. The molecule has 2 unspecified atom stereocenters. The van der Waals surface area contributed by atoms with Crippen LogP contribution in [0.25, 0.3) is 0 Å². The van der Waals surface area contributed by atoms with Crippen molar-refractivity contribution >= 4 is 5.69 Å². The Bertz CT molecular complexity index is 446. The molecule has 1 aromatic carbocycles. The molecule has 19 heavy (non-hydrogen) atoms. The Morgan fingerprint density at radius 2 is 2.11 bits per heavy atom. The average molecular weight is 260 g/mol. The molecule has 0 amide bonds. The second-order valence-corrected chi connectivity index (χ2v) is 5.04. The van der Waals surface area contributed by atoms with Crippen LogP contribution in [-0.2, 0) is 4.74 Å². The lowest BCUT2D eigenvalue weighted by molar-refractivity contribution is -0.0337. The third-order valence-corrected chi connectivity index (χ3v) is 3.21. The van der Waals surface area contributed by atoms with E-state index in [0.29, 0.717) is 18.2 Å². The third kappa shape index (κ3) is 4.15. The Balaban J connectivity index is 1.96. The van der Waals surface area contributed by atoms with Crippen molar-refractivity contribution in [2.75, 3.05) is 11.9 Å². The summed E-state index contributed by atoms with van der Waals surface area (Å²) in [6.07, 6.45) is 2.60. The Labute approximate surface area is 114 Å². The number of nitrogens with zero attached hydrogens (tertiary/aromatic N) is 1. The first-order valence-electron chi connectivity index (χ1n) is 6.69. The number of nitrogens with one attached hydrogen (secondary N) is 1. The van der Waals surface area contributed by atoms with E-state index in [1.165, 1.54) is 0 Å². The van der Waals surface area contributed by atoms with Gasteiger partial charge in [-0.05, 0) is 38.8 Å². The molecule has 1 heterocycles. The highest BCUT2D eigenvalue weighted by Gasteiger charge is 2.24. The molecule has 102 valence electrons. The first kappa shape index (κ1) is 13.7. The van der Waals surface area contributed by atoms with Crippen molar-refractivity contribution < 1.29 is 9.47 Å². The molecule has 1 aliphatic heterocycles. The van der Waals surface area contributed by atoms with Crippen LogP contribution in [0.4, 0.5) is 5.69 Å². The van der Waals surface area contributed by atoms with Crippen molar-refractivity contribution in [1.29, 1.82) is 5.26 Å². The number of benzene rings is 1. The fraction of sp³-hybridized carbons (Fsp3) is 0.533. The summed E-state index contributed by atoms with van der Waals surface area (Å²) in [7, 11) is 0. The Morgan fingerprint density at radius 1 is 1.37 bits per heavy atom. The minimum Gasteiger partial charge on any atom is -0.479 e. The number of rotatable bonds is 4. The maximum atomic E-state index is 8.51. The molecule has 0 radical (unpaired) electrons. The van der Waals surface area contributed by atoms with Crippen LogP contribution in [-0.4, -0.2) is 24.9 Å². The van der Waals surface area contributed by atoms with Gasteiger partial charge >= 0.3 is 0 Å². The van der Waals surface area contributed by atoms with E-state index in [1.807, 2.05) is 30.3 Å². The normalized spacial score (nSPS) is 26.5. The SMILES string of the molecule is CC1CC(Nc2cccc(OCC#N)c2)CC(C)O1. The van der Waals surface area contributed by atoms with Crippen molar-refractivity contribution in [3.05, 3.63) is 24.3 Å². The molecule has 1 N–H and O–H groups in total. The molecule has 0 aromatic heterocycles. The molecule has 1 aromatic rings. The zero-order chi connectivity index (χ0) is 13.7. The van der Waals surface area contributed by atoms with Gasteiger partial charge in [0.1, 0.15) is 11.8 Å². The highest BCUT2D eigenvalue weighted by molar-refractivity contribution is 5.49. The number of ether oxygens (including phenoxy) is 2. The zero-order valence-electron chi connectivity index (χ0n) is 11.4. The van der Waals surface area contributed by atoms with Crippen molar-refractivity contribution in [3.63, 3.8) is 0 Å². The van der Waals surface area contributed by atoms with Gasteiger partial charge in [-0.3, -0.25) is 0 Å². The van der Waals surface area contributed by atoms with Gasteiger partial charge in [0.15, 0.2) is 6.61 Å². The van der Waals surface area contributed by atoms with E-state index in [0.717, 1.165) is 24.3 Å². The molecule has 0 aliphatic carbocycles. The van der Waals surface area contributed by atoms with E-state index in [-0.39, 0.29) is 6.61 Å². The van der Waals surface area contributed by atoms with Crippen LogP contribution in [0.1, 0.15) is 26.7 Å². The molecule has 2 atom stereocenters. The largest absolute Gasteiger partial charge is 0.479 e. The molecule has 0 saturated carbocycles. The van der Waals surface area contributed by atoms with Gasteiger partial charge in [0.05, 0.1) is 12.2 Å². The van der Waals surface area contributed by atoms with Gasteiger partial charge in [0, 0.05) is 17.8 Å². The van der Waals surface area contributed by atoms with Crippen LogP contribution in [0.15, 0.2) is 24.3 Å². The molecule has 4 heteroatoms. The first-order valence-corrected chi connectivity index (χ1v) is 6.69. The predicted octanol–water partition coefficient (Wildman–Crippen LogP) is 2.96. The van der Waals surface area contributed by atoms with Gasteiger partial charge in [0.2, 0.25) is 0 Å². The molecular formula is C15H20N2O2. The summed E-state index contributed by atoms with van der Waals surface area (Å²) in [4.78, 5) is 0. The van der Waals surface area contributed by atoms with Crippen LogP contribution < -0.4 is 10.1 Å². The molecule has 1 fully saturated rings. The molecule has 1 saturated heterocycles. The molecule has 4 nitrogen and oxygen atoms in total. The summed E-state index contributed by atoms with van der Waals surface area (Å²) in [5.41, 5.74) is 1.03. The molecule has 0 spiro atoms. The summed E-state index contributed by atoms with van der Waals surface area (Å²) in [6, 6.07) is 10.1. The van der Waals surface area contributed by atoms with Crippen molar-refractivity contribution in [2.45, 2.75) is 44.9 Å². The second-order valence-electron chi connectivity index (χ2n) is 5.04. The van der Waals surface area contributed by atoms with Crippen molar-refractivity contribution in [3.8, 4) is 11.8 Å². The number of hydrogen-bond donors (Lipinski definition) is 1. The maximum absolute atomic E-state index is 8.51. The number of nitriles is 1. The van der Waals surface area contributed by atoms with Crippen molar-refractivity contribution in [2.24, 2.45) is 0 Å². The van der Waals surface area contributed by atoms with E-state index < -0.39 is 0 Å². The van der Waals surface area contributed by atoms with Gasteiger partial charge in [-0.2, -0.15) is 5.26 Å². The molecular weight excluding hydrogens is 240 g/mol. The van der Waals surface area contributed by atoms with Crippen molar-refractivity contribution in [1.82, 2.24) is 0 Å². The second kappa shape index (κ2) is 6.44. The average Bonchev–Trinajstić information content (AvgIpc) is 2.35. The maximum Gasteiger partial charge on any atom is 0.174 e. The smallest absolute Gasteiger partial charge is 0.174 e. The van der Waals surface area contributed by atoms with E-state index in [4.69, 9.17) is 14.7 Å². The topological polar surface area (TPSA) is 54.3 Å². The van der Waals surface area contributed by atoms with Gasteiger partial charge < -0.3 is 14.8 Å². The van der Waals surface area contributed by atoms with Crippen LogP contribution in [0.2, 0.25) is 0 Å². The highest BCUT2D eigenvalue weighted by atomic mass is 16.5. The van der Waals surface area contributed by atoms with Crippen LogP contribution in [0.3, 0.4) is 0 Å².